The Labute approximate surface area is 150 Å². The van der Waals surface area contributed by atoms with Crippen LogP contribution in [0.5, 0.6) is 5.75 Å². The summed E-state index contributed by atoms with van der Waals surface area (Å²) in [7, 11) is -3.36. The molecule has 1 fully saturated rings. The SMILES string of the molecule is CC(C)(C(=O)N1CCC(NS(C)(=O)=O)C1)c1ccc(OC(F)(F)F)cc1. The lowest BCUT2D eigenvalue weighted by Gasteiger charge is -2.30. The molecule has 0 radical (unpaired) electrons. The van der Waals surface area contributed by atoms with E-state index < -0.39 is 21.8 Å². The number of alkyl halides is 3. The molecule has 0 spiro atoms. The predicted molar refractivity (Wildman–Crippen MR) is 89.1 cm³/mol. The van der Waals surface area contributed by atoms with E-state index in [1.807, 2.05) is 0 Å². The molecule has 1 atom stereocenters. The second-order valence-electron chi connectivity index (χ2n) is 6.82. The monoisotopic (exact) mass is 394 g/mol. The molecule has 1 aromatic rings. The first kappa shape index (κ1) is 20.5. The topological polar surface area (TPSA) is 75.7 Å². The Bertz CT molecular complexity index is 761. The lowest BCUT2D eigenvalue weighted by molar-refractivity contribution is -0.274. The van der Waals surface area contributed by atoms with Crippen molar-refractivity contribution < 1.29 is 31.1 Å². The van der Waals surface area contributed by atoms with Gasteiger partial charge in [0.2, 0.25) is 15.9 Å². The molecule has 1 unspecified atom stereocenters. The van der Waals surface area contributed by atoms with Gasteiger partial charge in [0.05, 0.1) is 11.7 Å². The number of ether oxygens (including phenoxy) is 1. The zero-order valence-corrected chi connectivity index (χ0v) is 15.4. The van der Waals surface area contributed by atoms with E-state index in [-0.39, 0.29) is 24.2 Å². The molecule has 1 aromatic carbocycles. The van der Waals surface area contributed by atoms with Crippen molar-refractivity contribution in [2.75, 3.05) is 19.3 Å². The number of nitrogens with zero attached hydrogens (tertiary/aromatic N) is 1. The van der Waals surface area contributed by atoms with Crippen molar-refractivity contribution in [3.8, 4) is 5.75 Å². The summed E-state index contributed by atoms with van der Waals surface area (Å²) in [6, 6.07) is 4.82. The van der Waals surface area contributed by atoms with Gasteiger partial charge in [0.1, 0.15) is 5.75 Å². The van der Waals surface area contributed by atoms with Gasteiger partial charge < -0.3 is 9.64 Å². The van der Waals surface area contributed by atoms with Crippen molar-refractivity contribution in [3.63, 3.8) is 0 Å². The normalized spacial score (nSPS) is 18.8. The standard InChI is InChI=1S/C16H21F3N2O4S/c1-15(2,11-4-6-13(7-5-11)25-16(17,18)19)14(22)21-9-8-12(10-21)20-26(3,23)24/h4-7,12,20H,8-10H2,1-3H3. The summed E-state index contributed by atoms with van der Waals surface area (Å²) in [6.45, 7) is 4.01. The molecule has 2 rings (SSSR count). The first-order valence-corrected chi connectivity index (χ1v) is 9.80. The summed E-state index contributed by atoms with van der Waals surface area (Å²) in [5, 5.41) is 0. The van der Waals surface area contributed by atoms with Gasteiger partial charge in [-0.05, 0) is 38.0 Å². The van der Waals surface area contributed by atoms with Crippen LogP contribution in [0.15, 0.2) is 24.3 Å². The van der Waals surface area contributed by atoms with Crippen LogP contribution < -0.4 is 9.46 Å². The molecule has 26 heavy (non-hydrogen) atoms. The van der Waals surface area contributed by atoms with Crippen molar-refractivity contribution in [3.05, 3.63) is 29.8 Å². The number of halogens is 3. The van der Waals surface area contributed by atoms with Crippen molar-refractivity contribution in [2.24, 2.45) is 0 Å². The fourth-order valence-corrected chi connectivity index (χ4v) is 3.73. The van der Waals surface area contributed by atoms with Crippen LogP contribution in [0, 0.1) is 0 Å². The number of hydrogen-bond acceptors (Lipinski definition) is 4. The quantitative estimate of drug-likeness (QED) is 0.829. The lowest BCUT2D eigenvalue weighted by atomic mass is 9.83. The van der Waals surface area contributed by atoms with Crippen LogP contribution in [0.1, 0.15) is 25.8 Å². The molecule has 1 aliphatic rings. The van der Waals surface area contributed by atoms with Crippen molar-refractivity contribution >= 4 is 15.9 Å². The number of hydrogen-bond donors (Lipinski definition) is 1. The summed E-state index contributed by atoms with van der Waals surface area (Å²) in [4.78, 5) is 14.4. The van der Waals surface area contributed by atoms with Gasteiger partial charge in [0, 0.05) is 19.1 Å². The second kappa shape index (κ2) is 7.07. The minimum absolute atomic E-state index is 0.222. The Morgan fingerprint density at radius 3 is 2.31 bits per heavy atom. The Hall–Kier alpha value is -1.81. The van der Waals surface area contributed by atoms with E-state index in [0.717, 1.165) is 18.4 Å². The highest BCUT2D eigenvalue weighted by molar-refractivity contribution is 7.88. The van der Waals surface area contributed by atoms with E-state index in [0.29, 0.717) is 18.5 Å². The van der Waals surface area contributed by atoms with Gasteiger partial charge in [-0.2, -0.15) is 0 Å². The molecule has 0 aliphatic carbocycles. The summed E-state index contributed by atoms with van der Waals surface area (Å²) in [5.41, 5.74) is -0.437. The molecule has 1 N–H and O–H groups in total. The van der Waals surface area contributed by atoms with Crippen LogP contribution in [0.3, 0.4) is 0 Å². The molecule has 0 saturated carbocycles. The van der Waals surface area contributed by atoms with Gasteiger partial charge in [0.25, 0.3) is 0 Å². The number of sulfonamides is 1. The molecule has 1 saturated heterocycles. The third-order valence-corrected chi connectivity index (χ3v) is 4.96. The van der Waals surface area contributed by atoms with Gasteiger partial charge in [-0.15, -0.1) is 13.2 Å². The zero-order valence-electron chi connectivity index (χ0n) is 14.6. The number of rotatable bonds is 5. The Morgan fingerprint density at radius 1 is 1.23 bits per heavy atom. The number of benzene rings is 1. The number of nitrogens with one attached hydrogen (secondary N) is 1. The summed E-state index contributed by atoms with van der Waals surface area (Å²) >= 11 is 0. The van der Waals surface area contributed by atoms with Crippen LogP contribution in [-0.2, 0) is 20.2 Å². The van der Waals surface area contributed by atoms with Gasteiger partial charge in [0.15, 0.2) is 0 Å². The number of likely N-dealkylation sites (tertiary alicyclic amines) is 1. The molecule has 6 nitrogen and oxygen atoms in total. The molecular formula is C16H21F3N2O4S. The number of carbonyl (C=O) groups excluding carboxylic acids is 1. The Balaban J connectivity index is 2.08. The molecule has 1 aliphatic heterocycles. The van der Waals surface area contributed by atoms with Gasteiger partial charge in [-0.1, -0.05) is 12.1 Å². The summed E-state index contributed by atoms with van der Waals surface area (Å²) in [5.74, 6) is -0.581. The summed E-state index contributed by atoms with van der Waals surface area (Å²) in [6.07, 6.45) is -3.21. The van der Waals surface area contributed by atoms with Crippen molar-refractivity contribution in [1.82, 2.24) is 9.62 Å². The third-order valence-electron chi connectivity index (χ3n) is 4.20. The van der Waals surface area contributed by atoms with E-state index in [1.54, 1.807) is 18.7 Å². The first-order chi connectivity index (χ1) is 11.8. The van der Waals surface area contributed by atoms with E-state index in [4.69, 9.17) is 0 Å². The fraction of sp³-hybridized carbons (Fsp3) is 0.562. The van der Waals surface area contributed by atoms with Gasteiger partial charge in [-0.3, -0.25) is 4.79 Å². The van der Waals surface area contributed by atoms with Crippen molar-refractivity contribution in [1.29, 1.82) is 0 Å². The van der Waals surface area contributed by atoms with Gasteiger partial charge >= 0.3 is 6.36 Å². The van der Waals surface area contributed by atoms with Crippen LogP contribution in [0.4, 0.5) is 13.2 Å². The molecule has 0 bridgehead atoms. The summed E-state index contributed by atoms with van der Waals surface area (Å²) < 4.78 is 65.6. The van der Waals surface area contributed by atoms with E-state index in [1.165, 1.54) is 12.1 Å². The van der Waals surface area contributed by atoms with Crippen LogP contribution in [-0.4, -0.2) is 51.0 Å². The minimum atomic E-state index is -4.77. The molecule has 0 aromatic heterocycles. The largest absolute Gasteiger partial charge is 0.573 e. The smallest absolute Gasteiger partial charge is 0.406 e. The Morgan fingerprint density at radius 2 is 1.81 bits per heavy atom. The van der Waals surface area contributed by atoms with E-state index in [9.17, 15) is 26.4 Å². The fourth-order valence-electron chi connectivity index (χ4n) is 2.94. The molecular weight excluding hydrogens is 373 g/mol. The maximum atomic E-state index is 12.8. The molecule has 10 heteroatoms. The molecule has 1 amide bonds. The maximum absolute atomic E-state index is 12.8. The number of amides is 1. The van der Waals surface area contributed by atoms with E-state index >= 15 is 0 Å². The molecule has 1 heterocycles. The second-order valence-corrected chi connectivity index (χ2v) is 8.60. The van der Waals surface area contributed by atoms with E-state index in [2.05, 4.69) is 9.46 Å². The Kier molecular flexibility index (Phi) is 5.57. The third kappa shape index (κ3) is 5.34. The predicted octanol–water partition coefficient (Wildman–Crippen LogP) is 2.01. The van der Waals surface area contributed by atoms with Crippen LogP contribution >= 0.6 is 0 Å². The van der Waals surface area contributed by atoms with Crippen LogP contribution in [0.2, 0.25) is 0 Å². The lowest BCUT2D eigenvalue weighted by Crippen LogP contribution is -2.44. The van der Waals surface area contributed by atoms with Crippen molar-refractivity contribution in [2.45, 2.75) is 38.1 Å². The average molecular weight is 394 g/mol. The highest BCUT2D eigenvalue weighted by Crippen LogP contribution is 2.30. The van der Waals surface area contributed by atoms with Crippen LogP contribution in [0.25, 0.3) is 0 Å². The first-order valence-electron chi connectivity index (χ1n) is 7.91. The highest BCUT2D eigenvalue weighted by Gasteiger charge is 2.38. The molecule has 146 valence electrons. The zero-order chi connectivity index (χ0) is 19.8. The average Bonchev–Trinajstić information content (AvgIpc) is 2.91. The maximum Gasteiger partial charge on any atom is 0.573 e. The highest BCUT2D eigenvalue weighted by atomic mass is 32.2. The van der Waals surface area contributed by atoms with Gasteiger partial charge in [-0.25, -0.2) is 13.1 Å². The number of carbonyl (C=O) groups is 1. The minimum Gasteiger partial charge on any atom is -0.406 e.